The molecule has 2 atom stereocenters. The summed E-state index contributed by atoms with van der Waals surface area (Å²) in [6.45, 7) is 0. The average molecular weight is 491 g/mol. The molecule has 0 bridgehead atoms. The van der Waals surface area contributed by atoms with Crippen LogP contribution >= 0.6 is 23.2 Å². The molecule has 0 spiro atoms. The molecule has 4 aromatic rings. The first-order chi connectivity index (χ1) is 16.5. The summed E-state index contributed by atoms with van der Waals surface area (Å²) in [4.78, 5) is 28.9. The highest BCUT2D eigenvalue weighted by Crippen LogP contribution is 2.47. The van der Waals surface area contributed by atoms with E-state index < -0.39 is 12.1 Å². The van der Waals surface area contributed by atoms with Crippen molar-refractivity contribution in [3.63, 3.8) is 0 Å². The van der Waals surface area contributed by atoms with Gasteiger partial charge in [0.15, 0.2) is 0 Å². The van der Waals surface area contributed by atoms with E-state index in [0.29, 0.717) is 27.2 Å². The summed E-state index contributed by atoms with van der Waals surface area (Å²) < 4.78 is 7.13. The molecule has 0 N–H and O–H groups in total. The molecule has 0 fully saturated rings. The fourth-order valence-corrected chi connectivity index (χ4v) is 4.81. The Labute approximate surface area is 206 Å². The zero-order chi connectivity index (χ0) is 23.8. The molecule has 7 heteroatoms. The SMILES string of the molecule is COc1ccccc1C(=O)N1c2cccc(=O)n2[C@@H](c2ccc(Cl)cc2)[C@H]1c1ccc(Cl)cc1. The summed E-state index contributed by atoms with van der Waals surface area (Å²) in [6.07, 6.45) is 0. The summed E-state index contributed by atoms with van der Waals surface area (Å²) in [5.74, 6) is 0.693. The van der Waals surface area contributed by atoms with Crippen LogP contribution in [0, 0.1) is 0 Å². The van der Waals surface area contributed by atoms with Gasteiger partial charge in [0.2, 0.25) is 0 Å². The molecule has 0 saturated carbocycles. The Morgan fingerprint density at radius 3 is 1.97 bits per heavy atom. The molecule has 5 rings (SSSR count). The number of halogens is 2. The molecule has 3 aromatic carbocycles. The number of carbonyl (C=O) groups is 1. The largest absolute Gasteiger partial charge is 0.496 e. The molecule has 2 heterocycles. The topological polar surface area (TPSA) is 51.5 Å². The molecule has 1 amide bonds. The molecular weight excluding hydrogens is 471 g/mol. The number of pyridine rings is 1. The highest BCUT2D eigenvalue weighted by molar-refractivity contribution is 6.30. The van der Waals surface area contributed by atoms with E-state index in [4.69, 9.17) is 27.9 Å². The van der Waals surface area contributed by atoms with Crippen molar-refractivity contribution >= 4 is 34.9 Å². The van der Waals surface area contributed by atoms with Crippen molar-refractivity contribution in [2.24, 2.45) is 0 Å². The second-order valence-corrected chi connectivity index (χ2v) is 8.83. The number of anilines is 1. The molecular formula is C27H20Cl2N2O3. The number of para-hydroxylation sites is 1. The number of aromatic nitrogens is 1. The lowest BCUT2D eigenvalue weighted by atomic mass is 9.93. The van der Waals surface area contributed by atoms with Gasteiger partial charge in [0.25, 0.3) is 11.5 Å². The van der Waals surface area contributed by atoms with Crippen LogP contribution in [0.3, 0.4) is 0 Å². The molecule has 1 aromatic heterocycles. The third-order valence-corrected chi connectivity index (χ3v) is 6.55. The summed E-state index contributed by atoms with van der Waals surface area (Å²) in [7, 11) is 1.53. The number of carbonyl (C=O) groups excluding carboxylic acids is 1. The Bertz CT molecular complexity index is 1420. The Morgan fingerprint density at radius 1 is 0.765 bits per heavy atom. The standard InChI is InChI=1S/C27H20Cl2N2O3/c1-34-22-6-3-2-5-21(22)27(33)31-23-7-4-8-24(32)30(23)25(17-9-13-19(28)14-10-17)26(31)18-11-15-20(29)16-12-18/h2-16,25-26H,1H3/t25-,26+/m0/s1. The van der Waals surface area contributed by atoms with E-state index in [9.17, 15) is 9.59 Å². The zero-order valence-electron chi connectivity index (χ0n) is 18.2. The van der Waals surface area contributed by atoms with Crippen LogP contribution < -0.4 is 15.2 Å². The highest BCUT2D eigenvalue weighted by atomic mass is 35.5. The Morgan fingerprint density at radius 2 is 1.35 bits per heavy atom. The van der Waals surface area contributed by atoms with Crippen LogP contribution in [0.5, 0.6) is 5.75 Å². The average Bonchev–Trinajstić information content (AvgIpc) is 3.21. The third kappa shape index (κ3) is 3.77. The number of nitrogens with zero attached hydrogens (tertiary/aromatic N) is 2. The minimum Gasteiger partial charge on any atom is -0.496 e. The molecule has 0 unspecified atom stereocenters. The maximum atomic E-state index is 14.1. The first-order valence-corrected chi connectivity index (χ1v) is 11.4. The molecule has 1 aliphatic heterocycles. The molecule has 34 heavy (non-hydrogen) atoms. The van der Waals surface area contributed by atoms with Gasteiger partial charge in [-0.05, 0) is 53.6 Å². The number of fused-ring (bicyclic) bond motifs is 1. The van der Waals surface area contributed by atoms with Gasteiger partial charge in [0.05, 0.1) is 24.8 Å². The van der Waals surface area contributed by atoms with Gasteiger partial charge in [-0.25, -0.2) is 0 Å². The van der Waals surface area contributed by atoms with Crippen LogP contribution in [0.1, 0.15) is 33.6 Å². The fraction of sp³-hybridized carbons (Fsp3) is 0.111. The Hall–Kier alpha value is -3.54. The van der Waals surface area contributed by atoms with Crippen LogP contribution in [-0.4, -0.2) is 17.6 Å². The van der Waals surface area contributed by atoms with E-state index in [0.717, 1.165) is 11.1 Å². The normalized spacial score (nSPS) is 16.9. The molecule has 0 radical (unpaired) electrons. The Kier molecular flexibility index (Phi) is 5.90. The lowest BCUT2D eigenvalue weighted by Gasteiger charge is -2.29. The smallest absolute Gasteiger partial charge is 0.263 e. The van der Waals surface area contributed by atoms with Crippen molar-refractivity contribution < 1.29 is 9.53 Å². The van der Waals surface area contributed by atoms with E-state index in [1.165, 1.54) is 13.2 Å². The Balaban J connectivity index is 1.77. The molecule has 0 aliphatic carbocycles. The lowest BCUT2D eigenvalue weighted by Crippen LogP contribution is -2.34. The van der Waals surface area contributed by atoms with Crippen LogP contribution in [0.15, 0.2) is 95.8 Å². The number of hydrogen-bond acceptors (Lipinski definition) is 3. The summed E-state index contributed by atoms with van der Waals surface area (Å²) in [5.41, 5.74) is 1.90. The van der Waals surface area contributed by atoms with Crippen LogP contribution in [0.2, 0.25) is 10.0 Å². The number of benzene rings is 3. The van der Waals surface area contributed by atoms with Crippen LogP contribution in [-0.2, 0) is 0 Å². The lowest BCUT2D eigenvalue weighted by molar-refractivity contribution is 0.0975. The van der Waals surface area contributed by atoms with Gasteiger partial charge >= 0.3 is 0 Å². The van der Waals surface area contributed by atoms with Gasteiger partial charge in [0.1, 0.15) is 11.6 Å². The van der Waals surface area contributed by atoms with Gasteiger partial charge in [-0.3, -0.25) is 19.1 Å². The van der Waals surface area contributed by atoms with E-state index in [2.05, 4.69) is 0 Å². The highest BCUT2D eigenvalue weighted by Gasteiger charge is 2.44. The van der Waals surface area contributed by atoms with E-state index in [1.807, 2.05) is 30.3 Å². The predicted octanol–water partition coefficient (Wildman–Crippen LogP) is 6.15. The van der Waals surface area contributed by atoms with Crippen molar-refractivity contribution in [3.05, 3.63) is 128 Å². The fourth-order valence-electron chi connectivity index (χ4n) is 4.55. The quantitative estimate of drug-likeness (QED) is 0.344. The van der Waals surface area contributed by atoms with Crippen molar-refractivity contribution in [2.75, 3.05) is 12.0 Å². The number of methoxy groups -OCH3 is 1. The minimum atomic E-state index is -0.508. The monoisotopic (exact) mass is 490 g/mol. The van der Waals surface area contributed by atoms with Gasteiger partial charge in [-0.15, -0.1) is 0 Å². The van der Waals surface area contributed by atoms with Gasteiger partial charge in [-0.2, -0.15) is 0 Å². The number of rotatable bonds is 4. The zero-order valence-corrected chi connectivity index (χ0v) is 19.7. The second-order valence-electron chi connectivity index (χ2n) is 7.96. The predicted molar refractivity (Wildman–Crippen MR) is 134 cm³/mol. The van der Waals surface area contributed by atoms with Gasteiger partial charge < -0.3 is 4.74 Å². The minimum absolute atomic E-state index is 0.202. The summed E-state index contributed by atoms with van der Waals surface area (Å²) >= 11 is 12.3. The maximum absolute atomic E-state index is 14.1. The summed E-state index contributed by atoms with van der Waals surface area (Å²) in [5, 5.41) is 1.18. The van der Waals surface area contributed by atoms with E-state index in [1.54, 1.807) is 64.1 Å². The number of amides is 1. The van der Waals surface area contributed by atoms with Crippen molar-refractivity contribution in [1.29, 1.82) is 0 Å². The molecule has 1 aliphatic rings. The molecule has 170 valence electrons. The van der Waals surface area contributed by atoms with E-state index in [-0.39, 0.29) is 11.5 Å². The van der Waals surface area contributed by atoms with Crippen molar-refractivity contribution in [3.8, 4) is 5.75 Å². The van der Waals surface area contributed by atoms with Crippen molar-refractivity contribution in [1.82, 2.24) is 4.57 Å². The van der Waals surface area contributed by atoms with Crippen molar-refractivity contribution in [2.45, 2.75) is 12.1 Å². The second kappa shape index (κ2) is 9.01. The van der Waals surface area contributed by atoms with E-state index >= 15 is 0 Å². The number of hydrogen-bond donors (Lipinski definition) is 0. The van der Waals surface area contributed by atoms with Gasteiger partial charge in [0, 0.05) is 16.1 Å². The molecule has 0 saturated heterocycles. The summed E-state index contributed by atoms with van der Waals surface area (Å²) in [6, 6.07) is 25.7. The van der Waals surface area contributed by atoms with Crippen LogP contribution in [0.25, 0.3) is 0 Å². The third-order valence-electron chi connectivity index (χ3n) is 6.05. The first-order valence-electron chi connectivity index (χ1n) is 10.7. The maximum Gasteiger partial charge on any atom is 0.263 e. The molecule has 5 nitrogen and oxygen atoms in total. The first kappa shape index (κ1) is 22.3. The van der Waals surface area contributed by atoms with Crippen LogP contribution in [0.4, 0.5) is 5.82 Å². The number of ether oxygens (including phenoxy) is 1. The van der Waals surface area contributed by atoms with Gasteiger partial charge in [-0.1, -0.05) is 65.7 Å².